The second kappa shape index (κ2) is 9.65. The van der Waals surface area contributed by atoms with Crippen molar-refractivity contribution < 1.29 is 17.9 Å². The Morgan fingerprint density at radius 1 is 1.17 bits per heavy atom. The monoisotopic (exact) mass is 511 g/mol. The van der Waals surface area contributed by atoms with Crippen molar-refractivity contribution >= 4 is 80.8 Å². The molecule has 30 heavy (non-hydrogen) atoms. The number of fused-ring (bicyclic) bond motifs is 1. The molecule has 0 fully saturated rings. The van der Waals surface area contributed by atoms with Crippen molar-refractivity contribution in [2.45, 2.75) is 11.3 Å². The second-order valence-electron chi connectivity index (χ2n) is 5.79. The quantitative estimate of drug-likeness (QED) is 0.264. The number of halogens is 6. The molecular formula is C18H11Cl3F3N3OS2. The van der Waals surface area contributed by atoms with Gasteiger partial charge in [0.05, 0.1) is 16.3 Å². The molecule has 4 nitrogen and oxygen atoms in total. The molecule has 0 amide bonds. The zero-order chi connectivity index (χ0) is 21.9. The molecular weight excluding hydrogens is 502 g/mol. The van der Waals surface area contributed by atoms with Crippen LogP contribution in [0.5, 0.6) is 5.75 Å². The van der Waals surface area contributed by atoms with Crippen molar-refractivity contribution in [3.05, 3.63) is 57.6 Å². The van der Waals surface area contributed by atoms with Crippen molar-refractivity contribution in [1.82, 2.24) is 5.43 Å². The predicted octanol–water partition coefficient (Wildman–Crippen LogP) is 6.92. The molecule has 0 bridgehead atoms. The molecule has 2 aromatic carbocycles. The summed E-state index contributed by atoms with van der Waals surface area (Å²) in [4.78, 5) is 0.853. The summed E-state index contributed by atoms with van der Waals surface area (Å²) < 4.78 is 40.4. The topological polar surface area (TPSA) is 45.6 Å². The van der Waals surface area contributed by atoms with Gasteiger partial charge in [0.2, 0.25) is 0 Å². The summed E-state index contributed by atoms with van der Waals surface area (Å²) in [5.41, 5.74) is 4.56. The van der Waals surface area contributed by atoms with Crippen molar-refractivity contribution in [1.29, 1.82) is 0 Å². The smallest absolute Gasteiger partial charge is 0.406 e. The first kappa shape index (κ1) is 23.0. The van der Waals surface area contributed by atoms with Gasteiger partial charge < -0.3 is 10.1 Å². The molecule has 1 heterocycles. The molecule has 0 aromatic heterocycles. The molecule has 158 valence electrons. The number of ether oxygens (including phenoxy) is 1. The van der Waals surface area contributed by atoms with Gasteiger partial charge in [-0.05, 0) is 48.6 Å². The van der Waals surface area contributed by atoms with Gasteiger partial charge in [-0.3, -0.25) is 5.43 Å². The Balaban J connectivity index is 1.60. The highest BCUT2D eigenvalue weighted by Crippen LogP contribution is 2.43. The summed E-state index contributed by atoms with van der Waals surface area (Å²) >= 11 is 25.3. The Labute approximate surface area is 194 Å². The van der Waals surface area contributed by atoms with Crippen LogP contribution in [-0.2, 0) is 0 Å². The number of benzene rings is 2. The Kier molecular flexibility index (Phi) is 7.41. The maximum atomic E-state index is 12.2. The van der Waals surface area contributed by atoms with Crippen molar-refractivity contribution in [2.75, 3.05) is 11.1 Å². The molecule has 1 aliphatic rings. The van der Waals surface area contributed by atoms with Crippen LogP contribution in [0.15, 0.2) is 52.0 Å². The molecule has 1 aliphatic heterocycles. The number of alkyl halides is 3. The van der Waals surface area contributed by atoms with E-state index in [9.17, 15) is 13.2 Å². The van der Waals surface area contributed by atoms with E-state index in [1.807, 2.05) is 0 Å². The molecule has 0 atom stereocenters. The van der Waals surface area contributed by atoms with Crippen LogP contribution in [0.25, 0.3) is 5.03 Å². The predicted molar refractivity (Wildman–Crippen MR) is 121 cm³/mol. The first-order chi connectivity index (χ1) is 14.1. The van der Waals surface area contributed by atoms with Crippen LogP contribution in [-0.4, -0.2) is 23.4 Å². The van der Waals surface area contributed by atoms with E-state index in [0.717, 1.165) is 16.0 Å². The zero-order valence-electron chi connectivity index (χ0n) is 14.7. The minimum Gasteiger partial charge on any atom is -0.406 e. The minimum atomic E-state index is -4.74. The van der Waals surface area contributed by atoms with Crippen LogP contribution >= 0.6 is 58.8 Å². The number of nitrogens with zero attached hydrogens (tertiary/aromatic N) is 1. The Hall–Kier alpha value is -1.65. The van der Waals surface area contributed by atoms with Gasteiger partial charge in [-0.1, -0.05) is 34.8 Å². The Bertz CT molecular complexity index is 1030. The fraction of sp³-hybridized carbons (Fsp3) is 0.111. The van der Waals surface area contributed by atoms with E-state index in [2.05, 4.69) is 20.6 Å². The van der Waals surface area contributed by atoms with E-state index in [1.165, 1.54) is 42.2 Å². The molecule has 0 radical (unpaired) electrons. The Morgan fingerprint density at radius 3 is 2.53 bits per heavy atom. The van der Waals surface area contributed by atoms with Crippen molar-refractivity contribution in [3.63, 3.8) is 0 Å². The van der Waals surface area contributed by atoms with E-state index in [-0.39, 0.29) is 10.9 Å². The first-order valence-electron chi connectivity index (χ1n) is 8.09. The van der Waals surface area contributed by atoms with Gasteiger partial charge in [0.1, 0.15) is 5.75 Å². The van der Waals surface area contributed by atoms with Gasteiger partial charge in [0.25, 0.3) is 0 Å². The van der Waals surface area contributed by atoms with E-state index in [1.54, 1.807) is 12.1 Å². The van der Waals surface area contributed by atoms with Gasteiger partial charge >= 0.3 is 6.36 Å². The molecule has 2 aromatic rings. The lowest BCUT2D eigenvalue weighted by Gasteiger charge is -2.18. The third-order valence-corrected chi connectivity index (χ3v) is 6.08. The van der Waals surface area contributed by atoms with Gasteiger partial charge in [-0.25, -0.2) is 0 Å². The van der Waals surface area contributed by atoms with Gasteiger partial charge in [0.15, 0.2) is 5.11 Å². The molecule has 12 heteroatoms. The first-order valence-corrected chi connectivity index (χ1v) is 10.6. The molecule has 0 saturated carbocycles. The lowest BCUT2D eigenvalue weighted by Crippen LogP contribution is -2.24. The molecule has 0 aliphatic carbocycles. The summed E-state index contributed by atoms with van der Waals surface area (Å²) in [7, 11) is 0. The van der Waals surface area contributed by atoms with Crippen LogP contribution < -0.4 is 15.5 Å². The highest BCUT2D eigenvalue weighted by molar-refractivity contribution is 7.99. The third kappa shape index (κ3) is 6.18. The van der Waals surface area contributed by atoms with E-state index in [4.69, 9.17) is 47.0 Å². The van der Waals surface area contributed by atoms with E-state index >= 15 is 0 Å². The zero-order valence-corrected chi connectivity index (χ0v) is 18.6. The lowest BCUT2D eigenvalue weighted by molar-refractivity contribution is -0.274. The van der Waals surface area contributed by atoms with Crippen LogP contribution in [0.2, 0.25) is 10.0 Å². The number of hydrazone groups is 1. The number of thioether (sulfide) groups is 1. The highest BCUT2D eigenvalue weighted by Gasteiger charge is 2.31. The average molecular weight is 513 g/mol. The molecule has 0 spiro atoms. The summed E-state index contributed by atoms with van der Waals surface area (Å²) in [6.45, 7) is 0. The summed E-state index contributed by atoms with van der Waals surface area (Å²) in [5.74, 6) is 0.223. The maximum Gasteiger partial charge on any atom is 0.573 e. The number of hydrogen-bond donors (Lipinski definition) is 2. The van der Waals surface area contributed by atoms with Crippen LogP contribution in [0.3, 0.4) is 0 Å². The van der Waals surface area contributed by atoms with E-state index in [0.29, 0.717) is 26.5 Å². The maximum absolute atomic E-state index is 12.2. The molecule has 0 saturated heterocycles. The van der Waals surface area contributed by atoms with Crippen LogP contribution in [0.1, 0.15) is 5.56 Å². The average Bonchev–Trinajstić information content (AvgIpc) is 2.64. The van der Waals surface area contributed by atoms with Gasteiger partial charge in [-0.2, -0.15) is 5.10 Å². The normalized spacial score (nSPS) is 13.9. The third-order valence-electron chi connectivity index (χ3n) is 3.63. The number of nitrogens with one attached hydrogen (secondary N) is 2. The van der Waals surface area contributed by atoms with Gasteiger partial charge in [0, 0.05) is 32.5 Å². The van der Waals surface area contributed by atoms with Crippen LogP contribution in [0, 0.1) is 0 Å². The molecule has 2 N–H and O–H groups in total. The standard InChI is InChI=1S/C18H11Cl3F3N3OS2/c19-10-5-13-15(21)9(8-30-16(13)14(20)6-10)7-25-27-17(29)26-11-1-3-12(4-2-11)28-18(22,23)24/h1-7H,8H2,(H2,26,27,29)/b25-7+. The molecule has 3 rings (SSSR count). The summed E-state index contributed by atoms with van der Waals surface area (Å²) in [5, 5.41) is 8.48. The second-order valence-corrected chi connectivity index (χ2v) is 8.40. The van der Waals surface area contributed by atoms with Crippen molar-refractivity contribution in [3.8, 4) is 5.75 Å². The number of thiocarbonyl (C=S) groups is 1. The fourth-order valence-electron chi connectivity index (χ4n) is 2.42. The van der Waals surface area contributed by atoms with Gasteiger partial charge in [-0.15, -0.1) is 24.9 Å². The fourth-order valence-corrected chi connectivity index (χ4v) is 4.68. The number of hydrogen-bond acceptors (Lipinski definition) is 4. The minimum absolute atomic E-state index is 0.141. The molecule has 0 unspecified atom stereocenters. The number of anilines is 1. The highest BCUT2D eigenvalue weighted by atomic mass is 35.5. The Morgan fingerprint density at radius 2 is 1.87 bits per heavy atom. The summed E-state index contributed by atoms with van der Waals surface area (Å²) in [6.07, 6.45) is -3.22. The van der Waals surface area contributed by atoms with E-state index < -0.39 is 6.36 Å². The summed E-state index contributed by atoms with van der Waals surface area (Å²) in [6, 6.07) is 8.50. The van der Waals surface area contributed by atoms with Crippen molar-refractivity contribution in [2.24, 2.45) is 5.10 Å². The number of rotatable bonds is 4. The lowest BCUT2D eigenvalue weighted by atomic mass is 10.1. The van der Waals surface area contributed by atoms with Crippen LogP contribution in [0.4, 0.5) is 18.9 Å². The largest absolute Gasteiger partial charge is 0.573 e. The SMILES string of the molecule is FC(F)(F)Oc1ccc(NC(=S)N/N=C/C2=C(Cl)c3cc(Cl)cc(Cl)c3SC2)cc1.